The number of ether oxygens (including phenoxy) is 2. The molecule has 0 fully saturated rings. The van der Waals surface area contributed by atoms with Crippen LogP contribution in [-0.4, -0.2) is 25.5 Å². The summed E-state index contributed by atoms with van der Waals surface area (Å²) < 4.78 is 10.4. The molecule has 0 radical (unpaired) electrons. The molecule has 1 aromatic carbocycles. The third kappa shape index (κ3) is 5.61. The second-order valence-electron chi connectivity index (χ2n) is 4.24. The molecule has 0 aromatic heterocycles. The van der Waals surface area contributed by atoms with Crippen LogP contribution in [0.3, 0.4) is 0 Å². The largest absolute Gasteiger partial charge is 0.491 e. The maximum Gasteiger partial charge on any atom is 0.305 e. The van der Waals surface area contributed by atoms with Gasteiger partial charge >= 0.3 is 5.97 Å². The summed E-state index contributed by atoms with van der Waals surface area (Å²) in [5, 5.41) is 0.432. The first-order chi connectivity index (χ1) is 9.69. The van der Waals surface area contributed by atoms with E-state index >= 15 is 0 Å². The third-order valence-corrected chi connectivity index (χ3v) is 3.00. The van der Waals surface area contributed by atoms with Crippen molar-refractivity contribution >= 4 is 23.9 Å². The molecule has 4 nitrogen and oxygen atoms in total. The van der Waals surface area contributed by atoms with Gasteiger partial charge in [0.15, 0.2) is 6.29 Å². The van der Waals surface area contributed by atoms with E-state index in [9.17, 15) is 9.59 Å². The van der Waals surface area contributed by atoms with E-state index in [-0.39, 0.29) is 5.97 Å². The molecule has 0 atom stereocenters. The molecule has 0 aliphatic rings. The van der Waals surface area contributed by atoms with Crippen LogP contribution in [0.2, 0.25) is 5.02 Å². The normalized spacial score (nSPS) is 10.1. The third-order valence-electron chi connectivity index (χ3n) is 2.70. The van der Waals surface area contributed by atoms with E-state index in [1.54, 1.807) is 25.1 Å². The average Bonchev–Trinajstić information content (AvgIpc) is 2.44. The first-order valence-electron chi connectivity index (χ1n) is 6.71. The zero-order valence-electron chi connectivity index (χ0n) is 11.6. The van der Waals surface area contributed by atoms with Crippen LogP contribution >= 0.6 is 11.6 Å². The molecule has 0 spiro atoms. The van der Waals surface area contributed by atoms with Gasteiger partial charge in [-0.05, 0) is 38.3 Å². The highest BCUT2D eigenvalue weighted by Gasteiger charge is 2.07. The van der Waals surface area contributed by atoms with Gasteiger partial charge in [0.25, 0.3) is 0 Å². The van der Waals surface area contributed by atoms with Gasteiger partial charge < -0.3 is 9.47 Å². The van der Waals surface area contributed by atoms with E-state index < -0.39 is 0 Å². The molecule has 1 rings (SSSR count). The maximum atomic E-state index is 11.1. The molecule has 110 valence electrons. The zero-order valence-corrected chi connectivity index (χ0v) is 12.3. The van der Waals surface area contributed by atoms with E-state index in [2.05, 4.69) is 0 Å². The minimum Gasteiger partial charge on any atom is -0.491 e. The van der Waals surface area contributed by atoms with E-state index in [1.165, 1.54) is 0 Å². The van der Waals surface area contributed by atoms with Crippen LogP contribution < -0.4 is 4.74 Å². The van der Waals surface area contributed by atoms with Gasteiger partial charge in [-0.25, -0.2) is 0 Å². The fraction of sp³-hybridized carbons (Fsp3) is 0.467. The lowest BCUT2D eigenvalue weighted by molar-refractivity contribution is -0.143. The van der Waals surface area contributed by atoms with Gasteiger partial charge in [0.2, 0.25) is 0 Å². The van der Waals surface area contributed by atoms with Gasteiger partial charge in [0.05, 0.1) is 23.8 Å². The van der Waals surface area contributed by atoms with Gasteiger partial charge in [-0.15, -0.1) is 0 Å². The predicted octanol–water partition coefficient (Wildman–Crippen LogP) is 3.65. The second kappa shape index (κ2) is 9.37. The highest BCUT2D eigenvalue weighted by Crippen LogP contribution is 2.27. The molecule has 0 heterocycles. The molecule has 0 aliphatic carbocycles. The number of halogens is 1. The van der Waals surface area contributed by atoms with Crippen molar-refractivity contribution in [2.75, 3.05) is 13.2 Å². The highest BCUT2D eigenvalue weighted by atomic mass is 35.5. The van der Waals surface area contributed by atoms with Crippen LogP contribution in [-0.2, 0) is 9.53 Å². The molecule has 0 saturated heterocycles. The number of rotatable bonds is 9. The van der Waals surface area contributed by atoms with Crippen molar-refractivity contribution in [3.8, 4) is 5.75 Å². The molecule has 0 aliphatic heterocycles. The Morgan fingerprint density at radius 2 is 2.10 bits per heavy atom. The smallest absolute Gasteiger partial charge is 0.305 e. The van der Waals surface area contributed by atoms with Crippen LogP contribution in [0.1, 0.15) is 43.0 Å². The van der Waals surface area contributed by atoms with Crippen LogP contribution in [0.25, 0.3) is 0 Å². The summed E-state index contributed by atoms with van der Waals surface area (Å²) in [6.07, 6.45) is 3.58. The lowest BCUT2D eigenvalue weighted by Crippen LogP contribution is -2.04. The number of aldehydes is 1. The number of benzene rings is 1. The Labute approximate surface area is 124 Å². The second-order valence-corrected chi connectivity index (χ2v) is 4.65. The van der Waals surface area contributed by atoms with Crippen molar-refractivity contribution in [3.63, 3.8) is 0 Å². The lowest BCUT2D eigenvalue weighted by atomic mass is 10.2. The molecule has 0 amide bonds. The first-order valence-corrected chi connectivity index (χ1v) is 7.09. The van der Waals surface area contributed by atoms with Crippen LogP contribution in [0.4, 0.5) is 0 Å². The maximum absolute atomic E-state index is 11.1. The number of unbranched alkanes of at least 4 members (excludes halogenated alkanes) is 2. The van der Waals surface area contributed by atoms with Crippen molar-refractivity contribution in [2.24, 2.45) is 0 Å². The van der Waals surface area contributed by atoms with Crippen LogP contribution in [0.5, 0.6) is 5.75 Å². The number of esters is 1. The fourth-order valence-corrected chi connectivity index (χ4v) is 1.96. The lowest BCUT2D eigenvalue weighted by Gasteiger charge is -2.09. The minimum atomic E-state index is -0.164. The molecule has 0 saturated carbocycles. The minimum absolute atomic E-state index is 0.164. The quantitative estimate of drug-likeness (QED) is 0.397. The van der Waals surface area contributed by atoms with E-state index in [4.69, 9.17) is 21.1 Å². The summed E-state index contributed by atoms with van der Waals surface area (Å²) in [5.74, 6) is 0.261. The molecule has 0 unspecified atom stereocenters. The van der Waals surface area contributed by atoms with E-state index in [0.717, 1.165) is 25.5 Å². The number of para-hydroxylation sites is 1. The first kappa shape index (κ1) is 16.5. The van der Waals surface area contributed by atoms with Gasteiger partial charge in [0, 0.05) is 6.42 Å². The number of hydrogen-bond acceptors (Lipinski definition) is 4. The Morgan fingerprint density at radius 3 is 2.80 bits per heavy atom. The standard InChI is InChI=1S/C15H19ClO4/c1-2-19-14(18)9-4-3-5-10-20-15-12(11-17)7-6-8-13(15)16/h6-8,11H,2-5,9-10H2,1H3. The topological polar surface area (TPSA) is 52.6 Å². The fourth-order valence-electron chi connectivity index (χ4n) is 1.73. The molecule has 0 bridgehead atoms. The van der Waals surface area contributed by atoms with Crippen molar-refractivity contribution in [1.82, 2.24) is 0 Å². The van der Waals surface area contributed by atoms with E-state index in [1.807, 2.05) is 0 Å². The average molecular weight is 299 g/mol. The summed E-state index contributed by atoms with van der Waals surface area (Å²) in [6, 6.07) is 5.05. The summed E-state index contributed by atoms with van der Waals surface area (Å²) in [4.78, 5) is 22.0. The Balaban J connectivity index is 2.25. The van der Waals surface area contributed by atoms with Crippen molar-refractivity contribution in [2.45, 2.75) is 32.6 Å². The van der Waals surface area contributed by atoms with Gasteiger partial charge in [-0.2, -0.15) is 0 Å². The number of hydrogen-bond donors (Lipinski definition) is 0. The van der Waals surface area contributed by atoms with Crippen LogP contribution in [0, 0.1) is 0 Å². The summed E-state index contributed by atoms with van der Waals surface area (Å²) in [7, 11) is 0. The number of carbonyl (C=O) groups excluding carboxylic acids is 2. The number of carbonyl (C=O) groups is 2. The molecule has 0 N–H and O–H groups in total. The molecule has 1 aromatic rings. The SMILES string of the molecule is CCOC(=O)CCCCCOc1c(Cl)cccc1C=O. The van der Waals surface area contributed by atoms with E-state index in [0.29, 0.717) is 36.0 Å². The van der Waals surface area contributed by atoms with Crippen molar-refractivity contribution in [3.05, 3.63) is 28.8 Å². The Hall–Kier alpha value is -1.55. The Morgan fingerprint density at radius 1 is 1.30 bits per heavy atom. The molecule has 20 heavy (non-hydrogen) atoms. The molecular formula is C15H19ClO4. The summed E-state index contributed by atoms with van der Waals surface area (Å²) in [6.45, 7) is 2.68. The van der Waals surface area contributed by atoms with Crippen molar-refractivity contribution in [1.29, 1.82) is 0 Å². The van der Waals surface area contributed by atoms with Crippen LogP contribution in [0.15, 0.2) is 18.2 Å². The Bertz CT molecular complexity index is 445. The van der Waals surface area contributed by atoms with Gasteiger partial charge in [0.1, 0.15) is 5.75 Å². The van der Waals surface area contributed by atoms with Gasteiger partial charge in [-0.3, -0.25) is 9.59 Å². The zero-order chi connectivity index (χ0) is 14.8. The predicted molar refractivity (Wildman–Crippen MR) is 77.4 cm³/mol. The summed E-state index contributed by atoms with van der Waals surface area (Å²) >= 11 is 5.98. The van der Waals surface area contributed by atoms with Crippen molar-refractivity contribution < 1.29 is 19.1 Å². The highest BCUT2D eigenvalue weighted by molar-refractivity contribution is 6.32. The van der Waals surface area contributed by atoms with Gasteiger partial charge in [-0.1, -0.05) is 17.7 Å². The summed E-state index contributed by atoms with van der Waals surface area (Å²) in [5.41, 5.74) is 0.448. The molecule has 5 heteroatoms. The molecular weight excluding hydrogens is 280 g/mol. The Kier molecular flexibility index (Phi) is 7.73. The monoisotopic (exact) mass is 298 g/mol.